The average Bonchev–Trinajstić information content (AvgIpc) is 2.47. The summed E-state index contributed by atoms with van der Waals surface area (Å²) in [6.07, 6.45) is 0. The van der Waals surface area contributed by atoms with Crippen molar-refractivity contribution in [2.45, 2.75) is 11.9 Å². The van der Waals surface area contributed by atoms with Gasteiger partial charge in [0.1, 0.15) is 0 Å². The Morgan fingerprint density at radius 2 is 1.74 bits per heavy atom. The minimum absolute atomic E-state index is 0.0478. The molecule has 0 bridgehead atoms. The van der Waals surface area contributed by atoms with Crippen molar-refractivity contribution in [1.82, 2.24) is 4.90 Å². The molecular formula is C16H16BrNO. The number of hydrogen-bond donors (Lipinski definition) is 0. The second-order valence-corrected chi connectivity index (χ2v) is 5.04. The van der Waals surface area contributed by atoms with E-state index < -0.39 is 0 Å². The molecule has 2 aromatic carbocycles. The van der Waals surface area contributed by atoms with E-state index in [0.717, 1.165) is 22.0 Å². The highest BCUT2D eigenvalue weighted by Crippen LogP contribution is 2.12. The van der Waals surface area contributed by atoms with Crippen LogP contribution in [0.4, 0.5) is 0 Å². The van der Waals surface area contributed by atoms with Crippen LogP contribution in [0.25, 0.3) is 0 Å². The van der Waals surface area contributed by atoms with Gasteiger partial charge in [-0.25, -0.2) is 0 Å². The molecule has 2 nitrogen and oxygen atoms in total. The Hall–Kier alpha value is -1.61. The number of halogens is 1. The van der Waals surface area contributed by atoms with Gasteiger partial charge in [0.2, 0.25) is 0 Å². The first kappa shape index (κ1) is 13.8. The normalized spacial score (nSPS) is 10.2. The van der Waals surface area contributed by atoms with E-state index in [-0.39, 0.29) is 5.91 Å². The summed E-state index contributed by atoms with van der Waals surface area (Å²) in [6, 6.07) is 17.7. The molecule has 0 unspecified atom stereocenters. The fourth-order valence-corrected chi connectivity index (χ4v) is 2.29. The van der Waals surface area contributed by atoms with Crippen molar-refractivity contribution in [3.05, 3.63) is 71.3 Å². The molecule has 3 heteroatoms. The monoisotopic (exact) mass is 317 g/mol. The molecule has 0 aliphatic heterocycles. The third kappa shape index (κ3) is 3.67. The molecule has 19 heavy (non-hydrogen) atoms. The zero-order valence-electron chi connectivity index (χ0n) is 10.8. The molecule has 0 heterocycles. The minimum Gasteiger partial charge on any atom is -0.337 e. The van der Waals surface area contributed by atoms with Crippen LogP contribution in [0, 0.1) is 0 Å². The van der Waals surface area contributed by atoms with Crippen LogP contribution < -0.4 is 0 Å². The van der Waals surface area contributed by atoms with Gasteiger partial charge in [0, 0.05) is 24.5 Å². The number of alkyl halides is 1. The van der Waals surface area contributed by atoms with Gasteiger partial charge in [-0.3, -0.25) is 4.79 Å². The molecule has 0 saturated heterocycles. The van der Waals surface area contributed by atoms with Crippen molar-refractivity contribution in [2.24, 2.45) is 0 Å². The van der Waals surface area contributed by atoms with Crippen LogP contribution in [0.1, 0.15) is 21.5 Å². The van der Waals surface area contributed by atoms with Gasteiger partial charge in [-0.2, -0.15) is 0 Å². The third-order valence-corrected chi connectivity index (χ3v) is 3.58. The molecule has 0 spiro atoms. The summed E-state index contributed by atoms with van der Waals surface area (Å²) in [6.45, 7) is 0.623. The minimum atomic E-state index is 0.0478. The quantitative estimate of drug-likeness (QED) is 0.784. The number of carbonyl (C=O) groups excluding carboxylic acids is 1. The van der Waals surface area contributed by atoms with Crippen molar-refractivity contribution >= 4 is 21.8 Å². The molecule has 0 aliphatic carbocycles. The van der Waals surface area contributed by atoms with Crippen molar-refractivity contribution in [3.8, 4) is 0 Å². The van der Waals surface area contributed by atoms with Crippen LogP contribution >= 0.6 is 15.9 Å². The van der Waals surface area contributed by atoms with Gasteiger partial charge in [-0.05, 0) is 23.3 Å². The van der Waals surface area contributed by atoms with Crippen LogP contribution in [0.15, 0.2) is 54.6 Å². The lowest BCUT2D eigenvalue weighted by Gasteiger charge is -2.17. The maximum atomic E-state index is 12.3. The fourth-order valence-electron chi connectivity index (χ4n) is 1.94. The number of carbonyl (C=O) groups is 1. The Labute approximate surface area is 122 Å². The van der Waals surface area contributed by atoms with Gasteiger partial charge >= 0.3 is 0 Å². The van der Waals surface area contributed by atoms with Gasteiger partial charge in [-0.1, -0.05) is 58.4 Å². The van der Waals surface area contributed by atoms with Gasteiger partial charge in [0.25, 0.3) is 5.91 Å². The Kier molecular flexibility index (Phi) is 4.74. The predicted octanol–water partition coefficient (Wildman–Crippen LogP) is 3.85. The van der Waals surface area contributed by atoms with Gasteiger partial charge in [0.15, 0.2) is 0 Å². The lowest BCUT2D eigenvalue weighted by Crippen LogP contribution is -2.26. The maximum absolute atomic E-state index is 12.3. The summed E-state index contributed by atoms with van der Waals surface area (Å²) in [5.41, 5.74) is 2.98. The standard InChI is InChI=1S/C16H16BrNO/c1-18(12-13-6-3-2-4-7-13)16(19)15-9-5-8-14(10-15)11-17/h2-10H,11-12H2,1H3. The zero-order valence-corrected chi connectivity index (χ0v) is 12.4. The molecule has 0 saturated carbocycles. The predicted molar refractivity (Wildman–Crippen MR) is 81.3 cm³/mol. The van der Waals surface area contributed by atoms with Crippen molar-refractivity contribution < 1.29 is 4.79 Å². The molecule has 2 aromatic rings. The summed E-state index contributed by atoms with van der Waals surface area (Å²) >= 11 is 3.41. The van der Waals surface area contributed by atoms with E-state index in [2.05, 4.69) is 15.9 Å². The van der Waals surface area contributed by atoms with Crippen LogP contribution in [-0.4, -0.2) is 17.9 Å². The van der Waals surface area contributed by atoms with Crippen LogP contribution in [-0.2, 0) is 11.9 Å². The van der Waals surface area contributed by atoms with E-state index in [9.17, 15) is 4.79 Å². The summed E-state index contributed by atoms with van der Waals surface area (Å²) in [4.78, 5) is 14.1. The Morgan fingerprint density at radius 1 is 1.05 bits per heavy atom. The number of benzene rings is 2. The second-order valence-electron chi connectivity index (χ2n) is 4.48. The smallest absolute Gasteiger partial charge is 0.253 e. The van der Waals surface area contributed by atoms with Crippen molar-refractivity contribution in [3.63, 3.8) is 0 Å². The van der Waals surface area contributed by atoms with Crippen LogP contribution in [0.2, 0.25) is 0 Å². The third-order valence-electron chi connectivity index (χ3n) is 2.94. The second kappa shape index (κ2) is 6.53. The Morgan fingerprint density at radius 3 is 2.42 bits per heavy atom. The fraction of sp³-hybridized carbons (Fsp3) is 0.188. The number of rotatable bonds is 4. The Balaban J connectivity index is 2.10. The van der Waals surface area contributed by atoms with Gasteiger partial charge in [0.05, 0.1) is 0 Å². The molecule has 0 radical (unpaired) electrons. The van der Waals surface area contributed by atoms with E-state index >= 15 is 0 Å². The van der Waals surface area contributed by atoms with E-state index in [1.807, 2.05) is 61.6 Å². The van der Waals surface area contributed by atoms with Crippen LogP contribution in [0.3, 0.4) is 0 Å². The maximum Gasteiger partial charge on any atom is 0.253 e. The zero-order chi connectivity index (χ0) is 13.7. The van der Waals surface area contributed by atoms with Crippen molar-refractivity contribution in [1.29, 1.82) is 0 Å². The highest BCUT2D eigenvalue weighted by atomic mass is 79.9. The molecular weight excluding hydrogens is 302 g/mol. The average molecular weight is 318 g/mol. The molecule has 0 atom stereocenters. The first-order chi connectivity index (χ1) is 9.20. The van der Waals surface area contributed by atoms with Crippen molar-refractivity contribution in [2.75, 3.05) is 7.05 Å². The summed E-state index contributed by atoms with van der Waals surface area (Å²) in [5.74, 6) is 0.0478. The van der Waals surface area contributed by atoms with Gasteiger partial charge < -0.3 is 4.90 Å². The number of hydrogen-bond acceptors (Lipinski definition) is 1. The van der Waals surface area contributed by atoms with E-state index in [1.165, 1.54) is 0 Å². The summed E-state index contributed by atoms with van der Waals surface area (Å²) < 4.78 is 0. The summed E-state index contributed by atoms with van der Waals surface area (Å²) in [7, 11) is 1.83. The molecule has 1 amide bonds. The molecule has 0 aromatic heterocycles. The lowest BCUT2D eigenvalue weighted by atomic mass is 10.1. The van der Waals surface area contributed by atoms with E-state index in [4.69, 9.17) is 0 Å². The first-order valence-corrected chi connectivity index (χ1v) is 7.27. The Bertz CT molecular complexity index is 554. The first-order valence-electron chi connectivity index (χ1n) is 6.15. The molecule has 2 rings (SSSR count). The number of amides is 1. The SMILES string of the molecule is CN(Cc1ccccc1)C(=O)c1cccc(CBr)c1. The highest BCUT2D eigenvalue weighted by molar-refractivity contribution is 9.08. The topological polar surface area (TPSA) is 20.3 Å². The van der Waals surface area contributed by atoms with Crippen LogP contribution in [0.5, 0.6) is 0 Å². The number of nitrogens with zero attached hydrogens (tertiary/aromatic N) is 1. The molecule has 0 fully saturated rings. The van der Waals surface area contributed by atoms with E-state index in [1.54, 1.807) is 4.90 Å². The largest absolute Gasteiger partial charge is 0.337 e. The molecule has 98 valence electrons. The highest BCUT2D eigenvalue weighted by Gasteiger charge is 2.12. The lowest BCUT2D eigenvalue weighted by molar-refractivity contribution is 0.0785. The van der Waals surface area contributed by atoms with Gasteiger partial charge in [-0.15, -0.1) is 0 Å². The molecule has 0 aliphatic rings. The van der Waals surface area contributed by atoms with E-state index in [0.29, 0.717) is 6.54 Å². The molecule has 0 N–H and O–H groups in total. The summed E-state index contributed by atoms with van der Waals surface area (Å²) in [5, 5.41) is 0.760.